The number of nitrogens with one attached hydrogen (secondary N) is 2. The number of H-pyrrole nitrogens is 1. The highest BCUT2D eigenvalue weighted by Crippen LogP contribution is 2.28. The number of ether oxygens (including phenoxy) is 2. The van der Waals surface area contributed by atoms with E-state index in [1.165, 1.54) is 13.2 Å². The van der Waals surface area contributed by atoms with Gasteiger partial charge in [-0.3, -0.25) is 9.59 Å². The Balaban J connectivity index is 1.73. The number of carbonyl (C=O) groups is 2. The predicted molar refractivity (Wildman–Crippen MR) is 109 cm³/mol. The number of aromatic nitrogens is 1. The Morgan fingerprint density at radius 2 is 1.96 bits per heavy atom. The number of amides is 1. The van der Waals surface area contributed by atoms with Crippen molar-refractivity contribution in [3.8, 4) is 11.5 Å². The smallest absolute Gasteiger partial charge is 0.257 e. The molecule has 1 heterocycles. The number of hydrogen-bond donors (Lipinski definition) is 2. The topological polar surface area (TPSA) is 80.4 Å². The van der Waals surface area contributed by atoms with Gasteiger partial charge in [0.15, 0.2) is 23.9 Å². The van der Waals surface area contributed by atoms with Gasteiger partial charge in [-0.25, -0.2) is 0 Å². The molecule has 6 nitrogen and oxygen atoms in total. The van der Waals surface area contributed by atoms with Crippen LogP contribution in [0, 0.1) is 0 Å². The third kappa shape index (κ3) is 4.40. The normalized spacial score (nSPS) is 10.9. The van der Waals surface area contributed by atoms with Crippen molar-refractivity contribution in [1.82, 2.24) is 10.3 Å². The summed E-state index contributed by atoms with van der Waals surface area (Å²) in [7, 11) is 1.53. The molecule has 1 aromatic heterocycles. The summed E-state index contributed by atoms with van der Waals surface area (Å²) in [5.74, 6) is 0.672. The fourth-order valence-corrected chi connectivity index (χ4v) is 2.84. The Hall–Kier alpha value is -3.54. The minimum absolute atomic E-state index is 0.0849. The van der Waals surface area contributed by atoms with Crippen LogP contribution in [0.5, 0.6) is 11.5 Å². The number of carbonyl (C=O) groups excluding carboxylic acids is 2. The van der Waals surface area contributed by atoms with Gasteiger partial charge >= 0.3 is 0 Å². The summed E-state index contributed by atoms with van der Waals surface area (Å²) in [5, 5.41) is 3.56. The van der Waals surface area contributed by atoms with Crippen LogP contribution >= 0.6 is 0 Å². The van der Waals surface area contributed by atoms with E-state index >= 15 is 0 Å². The molecule has 3 rings (SSSR count). The monoisotopic (exact) mass is 378 g/mol. The first-order valence-corrected chi connectivity index (χ1v) is 8.98. The maximum atomic E-state index is 12.5. The van der Waals surface area contributed by atoms with Crippen molar-refractivity contribution >= 4 is 28.7 Å². The minimum Gasteiger partial charge on any atom is -0.493 e. The van der Waals surface area contributed by atoms with Gasteiger partial charge < -0.3 is 19.8 Å². The SMILES string of the molecule is CCNC(=O)COc1ccc(/C=C/C(=O)c2c[nH]c3ccccc23)cc1OC. The Morgan fingerprint density at radius 1 is 1.14 bits per heavy atom. The maximum Gasteiger partial charge on any atom is 0.257 e. The minimum atomic E-state index is -0.196. The molecule has 0 fully saturated rings. The summed E-state index contributed by atoms with van der Waals surface area (Å²) in [6.45, 7) is 2.31. The first kappa shape index (κ1) is 19.2. The molecule has 0 unspecified atom stereocenters. The molecule has 1 amide bonds. The van der Waals surface area contributed by atoms with E-state index in [4.69, 9.17) is 9.47 Å². The van der Waals surface area contributed by atoms with E-state index in [2.05, 4.69) is 10.3 Å². The summed E-state index contributed by atoms with van der Waals surface area (Å²) in [4.78, 5) is 27.2. The van der Waals surface area contributed by atoms with E-state index < -0.39 is 0 Å². The number of fused-ring (bicyclic) bond motifs is 1. The lowest BCUT2D eigenvalue weighted by atomic mass is 10.1. The zero-order chi connectivity index (χ0) is 19.9. The Bertz CT molecular complexity index is 1020. The molecule has 0 bridgehead atoms. The van der Waals surface area contributed by atoms with Crippen LogP contribution in [-0.2, 0) is 4.79 Å². The third-order valence-corrected chi connectivity index (χ3v) is 4.20. The van der Waals surface area contributed by atoms with Gasteiger partial charge in [-0.15, -0.1) is 0 Å². The van der Waals surface area contributed by atoms with Crippen molar-refractivity contribution in [3.05, 3.63) is 65.9 Å². The van der Waals surface area contributed by atoms with Crippen LogP contribution in [0.25, 0.3) is 17.0 Å². The van der Waals surface area contributed by atoms with Gasteiger partial charge in [0.1, 0.15) is 0 Å². The molecule has 144 valence electrons. The van der Waals surface area contributed by atoms with Crippen molar-refractivity contribution < 1.29 is 19.1 Å². The van der Waals surface area contributed by atoms with Gasteiger partial charge in [-0.1, -0.05) is 30.3 Å². The first-order chi connectivity index (χ1) is 13.6. The predicted octanol–water partition coefficient (Wildman–Crippen LogP) is 3.59. The highest BCUT2D eigenvalue weighted by molar-refractivity contribution is 6.14. The van der Waals surface area contributed by atoms with Crippen molar-refractivity contribution in [1.29, 1.82) is 0 Å². The van der Waals surface area contributed by atoms with Crippen LogP contribution in [0.3, 0.4) is 0 Å². The number of allylic oxidation sites excluding steroid dienone is 1. The average molecular weight is 378 g/mol. The molecule has 0 spiro atoms. The van der Waals surface area contributed by atoms with Crippen LogP contribution < -0.4 is 14.8 Å². The molecular formula is C22H22N2O4. The second-order valence-electron chi connectivity index (χ2n) is 6.10. The highest BCUT2D eigenvalue weighted by atomic mass is 16.5. The van der Waals surface area contributed by atoms with E-state index in [0.717, 1.165) is 16.5 Å². The van der Waals surface area contributed by atoms with Gasteiger partial charge in [0.2, 0.25) is 0 Å². The summed E-state index contributed by atoms with van der Waals surface area (Å²) in [6, 6.07) is 12.9. The number of hydrogen-bond acceptors (Lipinski definition) is 4. The number of methoxy groups -OCH3 is 1. The lowest BCUT2D eigenvalue weighted by Gasteiger charge is -2.11. The molecule has 6 heteroatoms. The van der Waals surface area contributed by atoms with Crippen molar-refractivity contribution in [2.45, 2.75) is 6.92 Å². The van der Waals surface area contributed by atoms with E-state index in [1.807, 2.05) is 31.2 Å². The van der Waals surface area contributed by atoms with Gasteiger partial charge in [0.25, 0.3) is 5.91 Å². The van der Waals surface area contributed by atoms with Gasteiger partial charge in [0.05, 0.1) is 7.11 Å². The molecule has 0 radical (unpaired) electrons. The number of para-hydroxylation sites is 1. The molecule has 0 aliphatic rings. The summed E-state index contributed by atoms with van der Waals surface area (Å²) < 4.78 is 10.8. The second kappa shape index (κ2) is 8.90. The first-order valence-electron chi connectivity index (χ1n) is 8.98. The molecule has 0 saturated carbocycles. The van der Waals surface area contributed by atoms with E-state index in [9.17, 15) is 9.59 Å². The van der Waals surface area contributed by atoms with Crippen LogP contribution in [0.15, 0.2) is 54.7 Å². The lowest BCUT2D eigenvalue weighted by molar-refractivity contribution is -0.123. The molecule has 0 aliphatic carbocycles. The van der Waals surface area contributed by atoms with E-state index in [-0.39, 0.29) is 18.3 Å². The Kier molecular flexibility index (Phi) is 6.11. The van der Waals surface area contributed by atoms with Crippen molar-refractivity contribution in [2.24, 2.45) is 0 Å². The zero-order valence-electron chi connectivity index (χ0n) is 15.8. The van der Waals surface area contributed by atoms with Gasteiger partial charge in [-0.2, -0.15) is 0 Å². The molecule has 3 aromatic rings. The lowest BCUT2D eigenvalue weighted by Crippen LogP contribution is -2.28. The number of benzene rings is 2. The van der Waals surface area contributed by atoms with Crippen LogP contribution in [0.1, 0.15) is 22.8 Å². The number of aromatic amines is 1. The average Bonchev–Trinajstić information content (AvgIpc) is 3.15. The number of likely N-dealkylation sites (N-methyl/N-ethyl adjacent to an activating group) is 1. The molecule has 2 aromatic carbocycles. The van der Waals surface area contributed by atoms with Crippen LogP contribution in [0.4, 0.5) is 0 Å². The maximum absolute atomic E-state index is 12.5. The molecule has 0 aliphatic heterocycles. The van der Waals surface area contributed by atoms with Crippen LogP contribution in [0.2, 0.25) is 0 Å². The summed E-state index contributed by atoms with van der Waals surface area (Å²) >= 11 is 0. The molecular weight excluding hydrogens is 356 g/mol. The second-order valence-corrected chi connectivity index (χ2v) is 6.10. The fraction of sp³-hybridized carbons (Fsp3) is 0.182. The molecule has 28 heavy (non-hydrogen) atoms. The van der Waals surface area contributed by atoms with E-state index in [1.54, 1.807) is 30.5 Å². The van der Waals surface area contributed by atoms with Crippen molar-refractivity contribution in [2.75, 3.05) is 20.3 Å². The fourth-order valence-electron chi connectivity index (χ4n) is 2.84. The zero-order valence-corrected chi connectivity index (χ0v) is 15.8. The molecule has 0 atom stereocenters. The molecule has 2 N–H and O–H groups in total. The van der Waals surface area contributed by atoms with E-state index in [0.29, 0.717) is 23.6 Å². The van der Waals surface area contributed by atoms with Gasteiger partial charge in [-0.05, 0) is 36.8 Å². The highest BCUT2D eigenvalue weighted by Gasteiger charge is 2.10. The number of ketones is 1. The standard InChI is InChI=1S/C22H22N2O4/c1-3-23-22(26)14-28-20-11-9-15(12-21(20)27-2)8-10-19(25)17-13-24-18-7-5-4-6-16(17)18/h4-13,24H,3,14H2,1-2H3,(H,23,26)/b10-8+. The van der Waals surface area contributed by atoms with Crippen molar-refractivity contribution in [3.63, 3.8) is 0 Å². The number of rotatable bonds is 8. The molecule has 0 saturated heterocycles. The third-order valence-electron chi connectivity index (χ3n) is 4.20. The summed E-state index contributed by atoms with van der Waals surface area (Å²) in [6.07, 6.45) is 4.97. The Morgan fingerprint density at radius 3 is 2.75 bits per heavy atom. The quantitative estimate of drug-likeness (QED) is 0.464. The van der Waals surface area contributed by atoms with Crippen LogP contribution in [-0.4, -0.2) is 36.9 Å². The Labute approximate surface area is 163 Å². The largest absolute Gasteiger partial charge is 0.493 e. The summed E-state index contributed by atoms with van der Waals surface area (Å²) in [5.41, 5.74) is 2.34. The van der Waals surface area contributed by atoms with Gasteiger partial charge in [0, 0.05) is 29.2 Å².